The largest absolute Gasteiger partial charge is 0.355 e. The predicted molar refractivity (Wildman–Crippen MR) is 82.9 cm³/mol. The molecule has 0 aromatic carbocycles. The molecule has 0 aromatic rings. The van der Waals surface area contributed by atoms with E-state index in [-0.39, 0.29) is 18.0 Å². The molecule has 3 N–H and O–H groups in total. The molecule has 0 saturated carbocycles. The van der Waals surface area contributed by atoms with Crippen molar-refractivity contribution in [3.8, 4) is 0 Å². The SMILES string of the molecule is CN=C(NCC(=O)NC(C)(C)C)NCC1CCCN1C. The highest BCUT2D eigenvalue weighted by molar-refractivity contribution is 5.86. The van der Waals surface area contributed by atoms with E-state index >= 15 is 0 Å². The van der Waals surface area contributed by atoms with Gasteiger partial charge in [-0.15, -0.1) is 0 Å². The first-order valence-corrected chi connectivity index (χ1v) is 7.27. The van der Waals surface area contributed by atoms with E-state index in [0.717, 1.165) is 13.1 Å². The molecule has 1 unspecified atom stereocenters. The summed E-state index contributed by atoms with van der Waals surface area (Å²) in [6.45, 7) is 8.15. The smallest absolute Gasteiger partial charge is 0.239 e. The Morgan fingerprint density at radius 3 is 2.55 bits per heavy atom. The van der Waals surface area contributed by atoms with Crippen LogP contribution in [0.2, 0.25) is 0 Å². The molecule has 0 aliphatic carbocycles. The van der Waals surface area contributed by atoms with Crippen molar-refractivity contribution in [1.29, 1.82) is 0 Å². The third-order valence-corrected chi connectivity index (χ3v) is 3.33. The minimum atomic E-state index is -0.206. The molecule has 0 aromatic heterocycles. The van der Waals surface area contributed by atoms with E-state index < -0.39 is 0 Å². The topological polar surface area (TPSA) is 68.8 Å². The van der Waals surface area contributed by atoms with Crippen molar-refractivity contribution in [2.45, 2.75) is 45.2 Å². The number of amides is 1. The molecule has 1 heterocycles. The van der Waals surface area contributed by atoms with Gasteiger partial charge in [-0.1, -0.05) is 0 Å². The highest BCUT2D eigenvalue weighted by Crippen LogP contribution is 2.13. The van der Waals surface area contributed by atoms with Gasteiger partial charge in [0.05, 0.1) is 6.54 Å². The standard InChI is InChI=1S/C14H29N5O/c1-14(2,3)18-12(20)10-17-13(15-4)16-9-11-7-6-8-19(11)5/h11H,6-10H2,1-5H3,(H,18,20)(H2,15,16,17). The van der Waals surface area contributed by atoms with Gasteiger partial charge in [0.15, 0.2) is 5.96 Å². The summed E-state index contributed by atoms with van der Waals surface area (Å²) in [7, 11) is 3.86. The Labute approximate surface area is 122 Å². The van der Waals surface area contributed by atoms with Crippen LogP contribution in [-0.4, -0.2) is 62.1 Å². The summed E-state index contributed by atoms with van der Waals surface area (Å²) >= 11 is 0. The van der Waals surface area contributed by atoms with Gasteiger partial charge in [0.25, 0.3) is 0 Å². The Hall–Kier alpha value is -1.30. The lowest BCUT2D eigenvalue weighted by Gasteiger charge is -2.22. The first-order valence-electron chi connectivity index (χ1n) is 7.27. The highest BCUT2D eigenvalue weighted by atomic mass is 16.2. The van der Waals surface area contributed by atoms with E-state index in [4.69, 9.17) is 0 Å². The molecule has 1 rings (SSSR count). The Bertz CT molecular complexity index is 348. The molecule has 6 nitrogen and oxygen atoms in total. The summed E-state index contributed by atoms with van der Waals surface area (Å²) in [4.78, 5) is 18.2. The number of carbonyl (C=O) groups excluding carboxylic acids is 1. The molecule has 0 spiro atoms. The first-order chi connectivity index (χ1) is 9.31. The summed E-state index contributed by atoms with van der Waals surface area (Å²) in [5.74, 6) is 0.646. The Kier molecular flexibility index (Phi) is 6.26. The molecule has 6 heteroatoms. The Morgan fingerprint density at radius 2 is 2.05 bits per heavy atom. The molecular weight excluding hydrogens is 254 g/mol. The average molecular weight is 283 g/mol. The maximum absolute atomic E-state index is 11.7. The second-order valence-electron chi connectivity index (χ2n) is 6.38. The number of aliphatic imine (C=N–C) groups is 1. The zero-order valence-corrected chi connectivity index (χ0v) is 13.4. The van der Waals surface area contributed by atoms with Crippen LogP contribution < -0.4 is 16.0 Å². The molecule has 116 valence electrons. The van der Waals surface area contributed by atoms with E-state index in [0.29, 0.717) is 12.0 Å². The van der Waals surface area contributed by atoms with Crippen LogP contribution >= 0.6 is 0 Å². The Balaban J connectivity index is 2.28. The van der Waals surface area contributed by atoms with Crippen molar-refractivity contribution in [3.05, 3.63) is 0 Å². The zero-order valence-electron chi connectivity index (χ0n) is 13.4. The number of likely N-dealkylation sites (tertiary alicyclic amines) is 1. The minimum Gasteiger partial charge on any atom is -0.355 e. The van der Waals surface area contributed by atoms with Crippen LogP contribution in [0.5, 0.6) is 0 Å². The monoisotopic (exact) mass is 283 g/mol. The number of hydrogen-bond acceptors (Lipinski definition) is 3. The number of hydrogen-bond donors (Lipinski definition) is 3. The van der Waals surface area contributed by atoms with Crippen molar-refractivity contribution < 1.29 is 4.79 Å². The normalized spacial score (nSPS) is 20.9. The Morgan fingerprint density at radius 1 is 1.35 bits per heavy atom. The summed E-state index contributed by atoms with van der Waals surface area (Å²) in [5.41, 5.74) is -0.206. The van der Waals surface area contributed by atoms with Gasteiger partial charge < -0.3 is 20.9 Å². The van der Waals surface area contributed by atoms with Crippen molar-refractivity contribution in [1.82, 2.24) is 20.9 Å². The van der Waals surface area contributed by atoms with Crippen molar-refractivity contribution in [3.63, 3.8) is 0 Å². The number of carbonyl (C=O) groups is 1. The third kappa shape index (κ3) is 6.23. The number of likely N-dealkylation sites (N-methyl/N-ethyl adjacent to an activating group) is 1. The summed E-state index contributed by atoms with van der Waals surface area (Å²) in [6, 6.07) is 0.553. The fraction of sp³-hybridized carbons (Fsp3) is 0.857. The molecular formula is C14H29N5O. The predicted octanol–water partition coefficient (Wildman–Crippen LogP) is 0.160. The van der Waals surface area contributed by atoms with Crippen LogP contribution in [0.3, 0.4) is 0 Å². The fourth-order valence-corrected chi connectivity index (χ4v) is 2.30. The van der Waals surface area contributed by atoms with E-state index in [9.17, 15) is 4.79 Å². The summed E-state index contributed by atoms with van der Waals surface area (Å²) < 4.78 is 0. The summed E-state index contributed by atoms with van der Waals surface area (Å²) in [6.07, 6.45) is 2.47. The third-order valence-electron chi connectivity index (χ3n) is 3.33. The molecule has 0 radical (unpaired) electrons. The lowest BCUT2D eigenvalue weighted by Crippen LogP contribution is -2.49. The van der Waals surface area contributed by atoms with Crippen LogP contribution in [0.15, 0.2) is 4.99 Å². The number of guanidine groups is 1. The van der Waals surface area contributed by atoms with Gasteiger partial charge in [0.1, 0.15) is 0 Å². The van der Waals surface area contributed by atoms with Crippen LogP contribution in [0, 0.1) is 0 Å². The zero-order chi connectivity index (χ0) is 15.2. The number of nitrogens with one attached hydrogen (secondary N) is 3. The van der Waals surface area contributed by atoms with Gasteiger partial charge in [-0.3, -0.25) is 9.79 Å². The van der Waals surface area contributed by atoms with Gasteiger partial charge in [0, 0.05) is 25.2 Å². The van der Waals surface area contributed by atoms with Gasteiger partial charge in [-0.25, -0.2) is 0 Å². The van der Waals surface area contributed by atoms with Gasteiger partial charge in [-0.2, -0.15) is 0 Å². The molecule has 20 heavy (non-hydrogen) atoms. The van der Waals surface area contributed by atoms with Crippen LogP contribution in [0.25, 0.3) is 0 Å². The highest BCUT2D eigenvalue weighted by Gasteiger charge is 2.20. The quantitative estimate of drug-likeness (QED) is 0.508. The van der Waals surface area contributed by atoms with Crippen LogP contribution in [0.1, 0.15) is 33.6 Å². The second kappa shape index (κ2) is 7.47. The van der Waals surface area contributed by atoms with E-state index in [1.807, 2.05) is 20.8 Å². The van der Waals surface area contributed by atoms with Crippen LogP contribution in [-0.2, 0) is 4.79 Å². The van der Waals surface area contributed by atoms with Crippen molar-refractivity contribution >= 4 is 11.9 Å². The van der Waals surface area contributed by atoms with Gasteiger partial charge in [0.2, 0.25) is 5.91 Å². The van der Waals surface area contributed by atoms with Crippen molar-refractivity contribution in [2.75, 3.05) is 33.7 Å². The maximum atomic E-state index is 11.7. The molecule has 1 aliphatic rings. The lowest BCUT2D eigenvalue weighted by atomic mass is 10.1. The first kappa shape index (κ1) is 16.8. The molecule has 0 bridgehead atoms. The molecule has 1 fully saturated rings. The van der Waals surface area contributed by atoms with E-state index in [1.54, 1.807) is 7.05 Å². The van der Waals surface area contributed by atoms with Gasteiger partial charge in [-0.05, 0) is 47.2 Å². The van der Waals surface area contributed by atoms with Gasteiger partial charge >= 0.3 is 0 Å². The summed E-state index contributed by atoms with van der Waals surface area (Å²) in [5, 5.41) is 9.23. The van der Waals surface area contributed by atoms with Crippen LogP contribution in [0.4, 0.5) is 0 Å². The fourth-order valence-electron chi connectivity index (χ4n) is 2.30. The minimum absolute atomic E-state index is 0.0292. The molecule has 1 saturated heterocycles. The maximum Gasteiger partial charge on any atom is 0.239 e. The molecule has 1 aliphatic heterocycles. The van der Waals surface area contributed by atoms with Crippen molar-refractivity contribution in [2.24, 2.45) is 4.99 Å². The lowest BCUT2D eigenvalue weighted by molar-refractivity contribution is -0.121. The van der Waals surface area contributed by atoms with E-state index in [1.165, 1.54) is 12.8 Å². The van der Waals surface area contributed by atoms with E-state index in [2.05, 4.69) is 32.9 Å². The number of nitrogens with zero attached hydrogens (tertiary/aromatic N) is 2. The number of rotatable bonds is 4. The molecule has 1 amide bonds. The second-order valence-corrected chi connectivity index (χ2v) is 6.38. The molecule has 1 atom stereocenters. The average Bonchev–Trinajstić information content (AvgIpc) is 2.73.